The number of methoxy groups -OCH3 is 1. The van der Waals surface area contributed by atoms with Crippen LogP contribution in [0.2, 0.25) is 5.02 Å². The smallest absolute Gasteiger partial charge is 0.274 e. The van der Waals surface area contributed by atoms with Crippen LogP contribution in [-0.4, -0.2) is 29.5 Å². The minimum absolute atomic E-state index is 0.256. The molecule has 2 aromatic carbocycles. The molecule has 1 heterocycles. The third-order valence-corrected chi connectivity index (χ3v) is 4.60. The average Bonchev–Trinajstić information content (AvgIpc) is 2.71. The molecule has 0 atom stereocenters. The second-order valence-corrected chi connectivity index (χ2v) is 6.61. The fraction of sp³-hybridized carbons (Fsp3) is 0.190. The van der Waals surface area contributed by atoms with E-state index < -0.39 is 0 Å². The van der Waals surface area contributed by atoms with Crippen LogP contribution in [0.1, 0.15) is 21.6 Å². The minimum atomic E-state index is -0.353. The van der Waals surface area contributed by atoms with Crippen molar-refractivity contribution in [2.24, 2.45) is 0 Å². The van der Waals surface area contributed by atoms with Crippen LogP contribution in [0.15, 0.2) is 54.9 Å². The topological polar surface area (TPSA) is 76.1 Å². The summed E-state index contributed by atoms with van der Waals surface area (Å²) in [6.45, 7) is 2.56. The van der Waals surface area contributed by atoms with Crippen LogP contribution in [0.4, 0.5) is 11.5 Å². The van der Waals surface area contributed by atoms with E-state index in [1.165, 1.54) is 19.0 Å². The molecule has 3 aromatic rings. The van der Waals surface area contributed by atoms with Crippen LogP contribution in [0.3, 0.4) is 0 Å². The number of nitrogens with zero attached hydrogens (tertiary/aromatic N) is 2. The van der Waals surface area contributed by atoms with Gasteiger partial charge in [0, 0.05) is 23.7 Å². The molecule has 7 heteroatoms. The van der Waals surface area contributed by atoms with Gasteiger partial charge in [0.25, 0.3) is 5.91 Å². The number of halogens is 1. The summed E-state index contributed by atoms with van der Waals surface area (Å²) in [5.74, 6) is 0.725. The van der Waals surface area contributed by atoms with Crippen molar-refractivity contribution < 1.29 is 9.53 Å². The minimum Gasteiger partial charge on any atom is -0.495 e. The van der Waals surface area contributed by atoms with Crippen molar-refractivity contribution in [3.63, 3.8) is 0 Å². The largest absolute Gasteiger partial charge is 0.495 e. The number of nitrogens with one attached hydrogen (secondary N) is 2. The van der Waals surface area contributed by atoms with E-state index in [2.05, 4.69) is 32.7 Å². The zero-order valence-corrected chi connectivity index (χ0v) is 16.5. The molecule has 3 rings (SSSR count). The number of aryl methyl sites for hydroxylation is 1. The van der Waals surface area contributed by atoms with E-state index in [0.29, 0.717) is 28.8 Å². The number of hydrogen-bond acceptors (Lipinski definition) is 5. The lowest BCUT2D eigenvalue weighted by Crippen LogP contribution is -2.16. The van der Waals surface area contributed by atoms with Crippen LogP contribution >= 0.6 is 11.6 Å². The summed E-state index contributed by atoms with van der Waals surface area (Å²) < 4.78 is 5.29. The molecule has 0 bridgehead atoms. The van der Waals surface area contributed by atoms with E-state index in [-0.39, 0.29) is 11.6 Å². The number of aromatic nitrogens is 2. The molecule has 144 valence electrons. The number of anilines is 2. The lowest BCUT2D eigenvalue weighted by atomic mass is 10.1. The number of amides is 1. The van der Waals surface area contributed by atoms with Gasteiger partial charge in [-0.2, -0.15) is 0 Å². The van der Waals surface area contributed by atoms with Gasteiger partial charge in [-0.15, -0.1) is 0 Å². The molecule has 1 aromatic heterocycles. The zero-order valence-electron chi connectivity index (χ0n) is 15.7. The van der Waals surface area contributed by atoms with Crippen molar-refractivity contribution in [3.05, 3.63) is 76.7 Å². The number of carbonyl (C=O) groups excluding carboxylic acids is 1. The number of carbonyl (C=O) groups is 1. The van der Waals surface area contributed by atoms with Crippen LogP contribution < -0.4 is 15.4 Å². The summed E-state index contributed by atoms with van der Waals surface area (Å²) in [6.07, 6.45) is 2.22. The lowest BCUT2D eigenvalue weighted by Gasteiger charge is -2.12. The summed E-state index contributed by atoms with van der Waals surface area (Å²) in [5, 5.41) is 6.60. The van der Waals surface area contributed by atoms with Gasteiger partial charge in [-0.05, 0) is 30.5 Å². The molecule has 0 radical (unpaired) electrons. The molecule has 6 nitrogen and oxygen atoms in total. The average molecular weight is 397 g/mol. The SMILES string of the molecule is COc1cc(Cl)c(C)cc1NC(=O)c1cc(NCCc2ccccc2)ncn1. The van der Waals surface area contributed by atoms with Gasteiger partial charge in [0.1, 0.15) is 23.6 Å². The second kappa shape index (κ2) is 9.19. The van der Waals surface area contributed by atoms with Crippen molar-refractivity contribution in [1.29, 1.82) is 0 Å². The molecule has 1 amide bonds. The highest BCUT2D eigenvalue weighted by Crippen LogP contribution is 2.31. The molecular weight excluding hydrogens is 376 g/mol. The van der Waals surface area contributed by atoms with Gasteiger partial charge < -0.3 is 15.4 Å². The first-order valence-corrected chi connectivity index (χ1v) is 9.20. The van der Waals surface area contributed by atoms with Crippen molar-refractivity contribution in [2.75, 3.05) is 24.3 Å². The Labute approximate surface area is 168 Å². The molecule has 0 fully saturated rings. The highest BCUT2D eigenvalue weighted by atomic mass is 35.5. The van der Waals surface area contributed by atoms with Crippen molar-refractivity contribution in [2.45, 2.75) is 13.3 Å². The Morgan fingerprint density at radius 3 is 2.68 bits per heavy atom. The number of rotatable bonds is 7. The van der Waals surface area contributed by atoms with E-state index in [9.17, 15) is 4.79 Å². The second-order valence-electron chi connectivity index (χ2n) is 6.21. The van der Waals surface area contributed by atoms with Crippen LogP contribution in [0, 0.1) is 6.92 Å². The third-order valence-electron chi connectivity index (χ3n) is 4.19. The summed E-state index contributed by atoms with van der Waals surface area (Å²) in [4.78, 5) is 20.9. The summed E-state index contributed by atoms with van der Waals surface area (Å²) in [5.41, 5.74) is 2.86. The van der Waals surface area contributed by atoms with Crippen molar-refractivity contribution in [1.82, 2.24) is 9.97 Å². The maximum absolute atomic E-state index is 12.6. The monoisotopic (exact) mass is 396 g/mol. The quantitative estimate of drug-likeness (QED) is 0.620. The van der Waals surface area contributed by atoms with Crippen LogP contribution in [0.25, 0.3) is 0 Å². The van der Waals surface area contributed by atoms with Gasteiger partial charge in [0.15, 0.2) is 0 Å². The Morgan fingerprint density at radius 1 is 1.14 bits per heavy atom. The molecule has 0 aliphatic rings. The maximum Gasteiger partial charge on any atom is 0.274 e. The molecule has 0 aliphatic heterocycles. The standard InChI is InChI=1S/C21H21ClN4O2/c1-14-10-17(19(28-2)11-16(14)22)26-21(27)18-12-20(25-13-24-18)23-9-8-15-6-4-3-5-7-15/h3-7,10-13H,8-9H2,1-2H3,(H,26,27)(H,23,24,25). The predicted octanol–water partition coefficient (Wildman–Crippen LogP) is 4.35. The normalized spacial score (nSPS) is 10.4. The van der Waals surface area contributed by atoms with Crippen LogP contribution in [0.5, 0.6) is 5.75 Å². The van der Waals surface area contributed by atoms with Gasteiger partial charge in [-0.25, -0.2) is 9.97 Å². The van der Waals surface area contributed by atoms with E-state index in [4.69, 9.17) is 16.3 Å². The Morgan fingerprint density at radius 2 is 1.93 bits per heavy atom. The van der Waals surface area contributed by atoms with Gasteiger partial charge in [-0.3, -0.25) is 4.79 Å². The van der Waals surface area contributed by atoms with E-state index >= 15 is 0 Å². The highest BCUT2D eigenvalue weighted by Gasteiger charge is 2.13. The summed E-state index contributed by atoms with van der Waals surface area (Å²) >= 11 is 6.11. The highest BCUT2D eigenvalue weighted by molar-refractivity contribution is 6.31. The Balaban J connectivity index is 1.66. The van der Waals surface area contributed by atoms with E-state index in [1.54, 1.807) is 18.2 Å². The van der Waals surface area contributed by atoms with E-state index in [0.717, 1.165) is 12.0 Å². The first-order valence-electron chi connectivity index (χ1n) is 8.82. The maximum atomic E-state index is 12.6. The third kappa shape index (κ3) is 4.98. The fourth-order valence-electron chi connectivity index (χ4n) is 2.67. The molecule has 0 saturated carbocycles. The Kier molecular flexibility index (Phi) is 6.45. The Hall–Kier alpha value is -3.12. The van der Waals surface area contributed by atoms with Gasteiger partial charge >= 0.3 is 0 Å². The van der Waals surface area contributed by atoms with Crippen molar-refractivity contribution in [3.8, 4) is 5.75 Å². The number of benzene rings is 2. The van der Waals surface area contributed by atoms with Crippen LogP contribution in [-0.2, 0) is 6.42 Å². The molecular formula is C21H21ClN4O2. The fourth-order valence-corrected chi connectivity index (χ4v) is 2.83. The predicted molar refractivity (Wildman–Crippen MR) is 111 cm³/mol. The molecule has 0 unspecified atom stereocenters. The summed E-state index contributed by atoms with van der Waals surface area (Å²) in [7, 11) is 1.52. The van der Waals surface area contributed by atoms with Gasteiger partial charge in [0.05, 0.1) is 12.8 Å². The number of hydrogen-bond donors (Lipinski definition) is 2. The lowest BCUT2D eigenvalue weighted by molar-refractivity contribution is 0.102. The molecule has 2 N–H and O–H groups in total. The van der Waals surface area contributed by atoms with E-state index in [1.807, 2.05) is 25.1 Å². The Bertz CT molecular complexity index is 964. The zero-order chi connectivity index (χ0) is 19.9. The summed E-state index contributed by atoms with van der Waals surface area (Å²) in [6, 6.07) is 15.2. The molecule has 0 spiro atoms. The number of ether oxygens (including phenoxy) is 1. The van der Waals surface area contributed by atoms with Gasteiger partial charge in [0.2, 0.25) is 0 Å². The molecule has 0 aliphatic carbocycles. The molecule has 0 saturated heterocycles. The molecule has 28 heavy (non-hydrogen) atoms. The first-order chi connectivity index (χ1) is 13.6. The first kappa shape index (κ1) is 19.6. The van der Waals surface area contributed by atoms with Crippen molar-refractivity contribution >= 4 is 29.0 Å². The van der Waals surface area contributed by atoms with Gasteiger partial charge in [-0.1, -0.05) is 41.9 Å².